The van der Waals surface area contributed by atoms with Crippen molar-refractivity contribution in [2.75, 3.05) is 0 Å². The number of ether oxygens (including phenoxy) is 1. The maximum atomic E-state index is 14.2. The van der Waals surface area contributed by atoms with E-state index in [1.54, 1.807) is 6.92 Å². The molecule has 0 aliphatic rings. The summed E-state index contributed by atoms with van der Waals surface area (Å²) in [6.45, 7) is 4.46. The number of aryl methyl sites for hydroxylation is 1. The summed E-state index contributed by atoms with van der Waals surface area (Å²) in [4.78, 5) is 4.05. The van der Waals surface area contributed by atoms with Crippen molar-refractivity contribution in [3.63, 3.8) is 0 Å². The molecule has 3 aromatic rings. The third-order valence-corrected chi connectivity index (χ3v) is 3.83. The molecule has 1 heterocycles. The lowest BCUT2D eigenvalue weighted by molar-refractivity contribution is 0.0720. The Morgan fingerprint density at radius 3 is 2.40 bits per heavy atom. The van der Waals surface area contributed by atoms with E-state index in [-0.39, 0.29) is 22.6 Å². The molecule has 25 heavy (non-hydrogen) atoms. The SMILES string of the molecule is Cc1nc2c(F)c(F)ccc2cc1Oc1cccc(F)c1C(C)(C)O. The molecule has 3 rings (SSSR count). The van der Waals surface area contributed by atoms with E-state index >= 15 is 0 Å². The van der Waals surface area contributed by atoms with Crippen molar-refractivity contribution in [1.29, 1.82) is 0 Å². The minimum absolute atomic E-state index is 0.000200. The Bertz CT molecular complexity index is 965. The summed E-state index contributed by atoms with van der Waals surface area (Å²) in [6, 6.07) is 8.09. The maximum absolute atomic E-state index is 14.2. The Balaban J connectivity index is 2.12. The van der Waals surface area contributed by atoms with E-state index < -0.39 is 23.1 Å². The monoisotopic (exact) mass is 347 g/mol. The van der Waals surface area contributed by atoms with Crippen LogP contribution in [0.25, 0.3) is 10.9 Å². The number of benzene rings is 2. The molecule has 130 valence electrons. The third-order valence-electron chi connectivity index (χ3n) is 3.83. The molecule has 1 aromatic heterocycles. The minimum atomic E-state index is -1.46. The average Bonchev–Trinajstić information content (AvgIpc) is 2.51. The second-order valence-corrected chi connectivity index (χ2v) is 6.28. The van der Waals surface area contributed by atoms with Crippen LogP contribution >= 0.6 is 0 Å². The Morgan fingerprint density at radius 1 is 1.00 bits per heavy atom. The quantitative estimate of drug-likeness (QED) is 0.726. The van der Waals surface area contributed by atoms with Gasteiger partial charge in [-0.25, -0.2) is 18.2 Å². The van der Waals surface area contributed by atoms with Crippen molar-refractivity contribution in [2.24, 2.45) is 0 Å². The van der Waals surface area contributed by atoms with Gasteiger partial charge in [0, 0.05) is 5.39 Å². The van der Waals surface area contributed by atoms with Gasteiger partial charge in [0.25, 0.3) is 0 Å². The van der Waals surface area contributed by atoms with Crippen molar-refractivity contribution in [3.05, 3.63) is 65.1 Å². The Morgan fingerprint density at radius 2 is 1.72 bits per heavy atom. The lowest BCUT2D eigenvalue weighted by Crippen LogP contribution is -2.18. The first kappa shape index (κ1) is 17.2. The van der Waals surface area contributed by atoms with Crippen molar-refractivity contribution >= 4 is 10.9 Å². The van der Waals surface area contributed by atoms with Gasteiger partial charge in [-0.1, -0.05) is 6.07 Å². The minimum Gasteiger partial charge on any atom is -0.455 e. The highest BCUT2D eigenvalue weighted by Gasteiger charge is 2.26. The molecule has 1 N–H and O–H groups in total. The fraction of sp³-hybridized carbons (Fsp3) is 0.211. The van der Waals surface area contributed by atoms with Crippen molar-refractivity contribution < 1.29 is 23.0 Å². The summed E-state index contributed by atoms with van der Waals surface area (Å²) < 4.78 is 47.1. The van der Waals surface area contributed by atoms with Gasteiger partial charge in [-0.3, -0.25) is 0 Å². The second-order valence-electron chi connectivity index (χ2n) is 6.28. The van der Waals surface area contributed by atoms with Crippen LogP contribution in [0, 0.1) is 24.4 Å². The van der Waals surface area contributed by atoms with Gasteiger partial charge in [-0.2, -0.15) is 0 Å². The number of aliphatic hydroxyl groups is 1. The van der Waals surface area contributed by atoms with E-state index in [1.165, 1.54) is 44.2 Å². The molecule has 0 bridgehead atoms. The van der Waals surface area contributed by atoms with E-state index in [2.05, 4.69) is 4.98 Å². The van der Waals surface area contributed by atoms with Crippen molar-refractivity contribution in [1.82, 2.24) is 4.98 Å². The first-order valence-electron chi connectivity index (χ1n) is 7.63. The predicted octanol–water partition coefficient (Wildman–Crippen LogP) is 4.98. The van der Waals surface area contributed by atoms with Gasteiger partial charge in [-0.05, 0) is 51.1 Å². The molecule has 0 saturated carbocycles. The Kier molecular flexibility index (Phi) is 4.16. The molecule has 2 aromatic carbocycles. The van der Waals surface area contributed by atoms with Gasteiger partial charge in [0.2, 0.25) is 0 Å². The standard InChI is InChI=1S/C19H16F3NO2/c1-10-15(9-11-7-8-13(21)17(22)18(11)23-10)25-14-6-4-5-12(20)16(14)19(2,3)24/h4-9,24H,1-3H3. The van der Waals surface area contributed by atoms with Crippen LogP contribution in [0.3, 0.4) is 0 Å². The highest BCUT2D eigenvalue weighted by atomic mass is 19.2. The molecule has 0 atom stereocenters. The number of rotatable bonds is 3. The third kappa shape index (κ3) is 3.17. The summed E-state index contributed by atoms with van der Waals surface area (Å²) in [5, 5.41) is 10.6. The van der Waals surface area contributed by atoms with Crippen LogP contribution in [-0.4, -0.2) is 10.1 Å². The molecule has 0 fully saturated rings. The topological polar surface area (TPSA) is 42.4 Å². The van der Waals surface area contributed by atoms with Gasteiger partial charge in [-0.15, -0.1) is 0 Å². The largest absolute Gasteiger partial charge is 0.455 e. The predicted molar refractivity (Wildman–Crippen MR) is 88.1 cm³/mol. The molecule has 0 spiro atoms. The number of aromatic nitrogens is 1. The fourth-order valence-corrected chi connectivity index (χ4v) is 2.66. The van der Waals surface area contributed by atoms with E-state index in [9.17, 15) is 18.3 Å². The van der Waals surface area contributed by atoms with E-state index in [1.807, 2.05) is 0 Å². The first-order valence-corrected chi connectivity index (χ1v) is 7.63. The van der Waals surface area contributed by atoms with Crippen LogP contribution < -0.4 is 4.74 Å². The van der Waals surface area contributed by atoms with E-state index in [0.29, 0.717) is 11.1 Å². The number of fused-ring (bicyclic) bond motifs is 1. The fourth-order valence-electron chi connectivity index (χ4n) is 2.66. The van der Waals surface area contributed by atoms with Gasteiger partial charge in [0.05, 0.1) is 16.9 Å². The second kappa shape index (κ2) is 6.04. The zero-order valence-corrected chi connectivity index (χ0v) is 13.9. The molecule has 0 aliphatic carbocycles. The maximum Gasteiger partial charge on any atom is 0.184 e. The van der Waals surface area contributed by atoms with Gasteiger partial charge in [0.15, 0.2) is 11.6 Å². The molecule has 0 unspecified atom stereocenters. The van der Waals surface area contributed by atoms with Crippen LogP contribution in [0.5, 0.6) is 11.5 Å². The summed E-state index contributed by atoms with van der Waals surface area (Å²) in [5.74, 6) is -2.24. The first-order chi connectivity index (χ1) is 11.7. The zero-order valence-electron chi connectivity index (χ0n) is 13.9. The molecular formula is C19H16F3NO2. The average molecular weight is 347 g/mol. The molecule has 0 aliphatic heterocycles. The Hall–Kier alpha value is -2.60. The van der Waals surface area contributed by atoms with Gasteiger partial charge in [0.1, 0.15) is 22.8 Å². The lowest BCUT2D eigenvalue weighted by atomic mass is 9.96. The summed E-state index contributed by atoms with van der Waals surface area (Å²) in [7, 11) is 0. The van der Waals surface area contributed by atoms with Crippen LogP contribution in [0.1, 0.15) is 25.1 Å². The van der Waals surface area contributed by atoms with Gasteiger partial charge >= 0.3 is 0 Å². The molecule has 6 heteroatoms. The zero-order chi connectivity index (χ0) is 18.4. The molecular weight excluding hydrogens is 331 g/mol. The van der Waals surface area contributed by atoms with Crippen LogP contribution in [-0.2, 0) is 5.60 Å². The summed E-state index contributed by atoms with van der Waals surface area (Å²) in [6.07, 6.45) is 0. The number of pyridine rings is 1. The summed E-state index contributed by atoms with van der Waals surface area (Å²) >= 11 is 0. The smallest absolute Gasteiger partial charge is 0.184 e. The normalized spacial score (nSPS) is 11.8. The number of hydrogen-bond donors (Lipinski definition) is 1. The van der Waals surface area contributed by atoms with Crippen molar-refractivity contribution in [2.45, 2.75) is 26.4 Å². The molecule has 3 nitrogen and oxygen atoms in total. The van der Waals surface area contributed by atoms with Crippen LogP contribution in [0.15, 0.2) is 36.4 Å². The Labute approximate surface area is 142 Å². The number of halogens is 3. The number of nitrogens with zero attached hydrogens (tertiary/aromatic N) is 1. The van der Waals surface area contributed by atoms with E-state index in [0.717, 1.165) is 6.07 Å². The highest BCUT2D eigenvalue weighted by Crippen LogP contribution is 2.36. The lowest BCUT2D eigenvalue weighted by Gasteiger charge is -2.22. The van der Waals surface area contributed by atoms with Gasteiger partial charge < -0.3 is 9.84 Å². The van der Waals surface area contributed by atoms with Crippen LogP contribution in [0.4, 0.5) is 13.2 Å². The highest BCUT2D eigenvalue weighted by molar-refractivity contribution is 5.81. The van der Waals surface area contributed by atoms with Crippen LogP contribution in [0.2, 0.25) is 0 Å². The molecule has 0 radical (unpaired) electrons. The molecule has 0 saturated heterocycles. The molecule has 0 amide bonds. The van der Waals surface area contributed by atoms with E-state index in [4.69, 9.17) is 4.74 Å². The number of hydrogen-bond acceptors (Lipinski definition) is 3. The van der Waals surface area contributed by atoms with Crippen molar-refractivity contribution in [3.8, 4) is 11.5 Å². The summed E-state index contributed by atoms with van der Waals surface area (Å²) in [5.41, 5.74) is -1.26.